The second-order valence-corrected chi connectivity index (χ2v) is 8.60. The average Bonchev–Trinajstić information content (AvgIpc) is 3.33. The number of hydrogen-bond donors (Lipinski definition) is 1. The molecule has 0 aromatic carbocycles. The Kier molecular flexibility index (Phi) is 5.66. The summed E-state index contributed by atoms with van der Waals surface area (Å²) in [6.07, 6.45) is 5.10. The molecule has 6 nitrogen and oxygen atoms in total. The molecule has 1 N–H and O–H groups in total. The normalized spacial score (nSPS) is 21.0. The SMILES string of the molecule is O=C(NCC1CCC2(CCN(C(=O)c3sccc3Cl)CC2)O1)c1ccccn1. The van der Waals surface area contributed by atoms with E-state index in [1.807, 2.05) is 10.3 Å². The van der Waals surface area contributed by atoms with Crippen LogP contribution in [0.2, 0.25) is 5.02 Å². The van der Waals surface area contributed by atoms with Gasteiger partial charge in [0.2, 0.25) is 0 Å². The lowest BCUT2D eigenvalue weighted by Crippen LogP contribution is -2.47. The molecule has 2 fully saturated rings. The van der Waals surface area contributed by atoms with Crippen LogP contribution in [0.5, 0.6) is 0 Å². The van der Waals surface area contributed by atoms with Crippen molar-refractivity contribution in [2.75, 3.05) is 19.6 Å². The van der Waals surface area contributed by atoms with Crippen LogP contribution in [0.3, 0.4) is 0 Å². The van der Waals surface area contributed by atoms with E-state index in [1.54, 1.807) is 30.5 Å². The van der Waals surface area contributed by atoms with Crippen LogP contribution in [0, 0.1) is 0 Å². The number of nitrogens with one attached hydrogen (secondary N) is 1. The maximum atomic E-state index is 12.6. The van der Waals surface area contributed by atoms with Crippen molar-refractivity contribution in [1.82, 2.24) is 15.2 Å². The highest BCUT2D eigenvalue weighted by Crippen LogP contribution is 2.39. The molecule has 4 heterocycles. The summed E-state index contributed by atoms with van der Waals surface area (Å²) in [7, 11) is 0. The van der Waals surface area contributed by atoms with Crippen molar-refractivity contribution < 1.29 is 14.3 Å². The van der Waals surface area contributed by atoms with Gasteiger partial charge in [0.05, 0.1) is 16.7 Å². The van der Waals surface area contributed by atoms with E-state index < -0.39 is 0 Å². The van der Waals surface area contributed by atoms with Gasteiger partial charge in [-0.1, -0.05) is 17.7 Å². The van der Waals surface area contributed by atoms with Crippen molar-refractivity contribution in [3.05, 3.63) is 51.4 Å². The van der Waals surface area contributed by atoms with Gasteiger partial charge in [-0.2, -0.15) is 0 Å². The largest absolute Gasteiger partial charge is 0.370 e. The molecule has 1 spiro atoms. The summed E-state index contributed by atoms with van der Waals surface area (Å²) in [6, 6.07) is 7.03. The molecule has 2 amide bonds. The van der Waals surface area contributed by atoms with Crippen molar-refractivity contribution in [1.29, 1.82) is 0 Å². The number of halogens is 1. The smallest absolute Gasteiger partial charge is 0.269 e. The van der Waals surface area contributed by atoms with E-state index in [9.17, 15) is 9.59 Å². The molecule has 2 saturated heterocycles. The lowest BCUT2D eigenvalue weighted by molar-refractivity contribution is -0.0711. The maximum Gasteiger partial charge on any atom is 0.269 e. The molecular weight excluding hydrogens is 398 g/mol. The summed E-state index contributed by atoms with van der Waals surface area (Å²) < 4.78 is 6.32. The van der Waals surface area contributed by atoms with E-state index in [1.165, 1.54) is 11.3 Å². The molecule has 2 aliphatic rings. The Balaban J connectivity index is 1.27. The topological polar surface area (TPSA) is 71.5 Å². The highest BCUT2D eigenvalue weighted by Gasteiger charge is 2.43. The van der Waals surface area contributed by atoms with Crippen LogP contribution in [-0.2, 0) is 4.74 Å². The number of aromatic nitrogens is 1. The third kappa shape index (κ3) is 4.06. The van der Waals surface area contributed by atoms with Gasteiger partial charge in [0.25, 0.3) is 11.8 Å². The first-order chi connectivity index (χ1) is 13.6. The van der Waals surface area contributed by atoms with Crippen LogP contribution < -0.4 is 5.32 Å². The molecular formula is C20H22ClN3O3S. The number of carbonyl (C=O) groups excluding carboxylic acids is 2. The van der Waals surface area contributed by atoms with E-state index in [-0.39, 0.29) is 23.5 Å². The van der Waals surface area contributed by atoms with Gasteiger partial charge in [-0.05, 0) is 49.3 Å². The number of hydrogen-bond acceptors (Lipinski definition) is 5. The standard InChI is InChI=1S/C20H22ClN3O3S/c21-15-5-12-28-17(15)19(26)24-10-7-20(8-11-24)6-4-14(27-20)13-23-18(25)16-3-1-2-9-22-16/h1-3,5,9,12,14H,4,6-8,10-11,13H2,(H,23,25). The Hall–Kier alpha value is -1.96. The highest BCUT2D eigenvalue weighted by atomic mass is 35.5. The summed E-state index contributed by atoms with van der Waals surface area (Å²) >= 11 is 7.48. The van der Waals surface area contributed by atoms with E-state index in [2.05, 4.69) is 10.3 Å². The molecule has 1 atom stereocenters. The number of amides is 2. The molecule has 2 aromatic rings. The molecule has 1 unspecified atom stereocenters. The van der Waals surface area contributed by atoms with Gasteiger partial charge >= 0.3 is 0 Å². The number of nitrogens with zero attached hydrogens (tertiary/aromatic N) is 2. The molecule has 0 bridgehead atoms. The van der Waals surface area contributed by atoms with Gasteiger partial charge in [-0.3, -0.25) is 14.6 Å². The van der Waals surface area contributed by atoms with Crippen molar-refractivity contribution >= 4 is 34.8 Å². The Morgan fingerprint density at radius 3 is 2.79 bits per heavy atom. The Labute approximate surface area is 172 Å². The van der Waals surface area contributed by atoms with Crippen LogP contribution in [0.25, 0.3) is 0 Å². The minimum Gasteiger partial charge on any atom is -0.370 e. The first kappa shape index (κ1) is 19.4. The summed E-state index contributed by atoms with van der Waals surface area (Å²) in [5.41, 5.74) is 0.227. The average molecular weight is 420 g/mol. The number of likely N-dealkylation sites (tertiary alicyclic amines) is 1. The number of carbonyl (C=O) groups is 2. The summed E-state index contributed by atoms with van der Waals surface area (Å²) in [4.78, 5) is 31.3. The number of ether oxygens (including phenoxy) is 1. The monoisotopic (exact) mass is 419 g/mol. The van der Waals surface area contributed by atoms with Crippen LogP contribution >= 0.6 is 22.9 Å². The second kappa shape index (κ2) is 8.19. The molecule has 28 heavy (non-hydrogen) atoms. The molecule has 0 saturated carbocycles. The van der Waals surface area contributed by atoms with Gasteiger partial charge in [-0.15, -0.1) is 11.3 Å². The predicted octanol–water partition coefficient (Wildman–Crippen LogP) is 3.38. The minimum atomic E-state index is -0.184. The van der Waals surface area contributed by atoms with Crippen molar-refractivity contribution in [3.63, 3.8) is 0 Å². The third-order valence-corrected chi connectivity index (χ3v) is 6.83. The van der Waals surface area contributed by atoms with E-state index in [0.29, 0.717) is 35.2 Å². The van der Waals surface area contributed by atoms with Crippen LogP contribution in [0.15, 0.2) is 35.8 Å². The van der Waals surface area contributed by atoms with Crippen LogP contribution in [0.4, 0.5) is 0 Å². The summed E-state index contributed by atoms with van der Waals surface area (Å²) in [5, 5.41) is 5.27. The summed E-state index contributed by atoms with van der Waals surface area (Å²) in [6.45, 7) is 1.81. The van der Waals surface area contributed by atoms with Gasteiger partial charge in [-0.25, -0.2) is 0 Å². The predicted molar refractivity (Wildman–Crippen MR) is 108 cm³/mol. The van der Waals surface area contributed by atoms with E-state index in [4.69, 9.17) is 16.3 Å². The van der Waals surface area contributed by atoms with Gasteiger partial charge in [0.15, 0.2) is 0 Å². The zero-order chi connectivity index (χ0) is 19.6. The first-order valence-electron chi connectivity index (χ1n) is 9.46. The Morgan fingerprint density at radius 1 is 1.29 bits per heavy atom. The van der Waals surface area contributed by atoms with Crippen LogP contribution in [0.1, 0.15) is 45.8 Å². The molecule has 0 aliphatic carbocycles. The molecule has 8 heteroatoms. The maximum absolute atomic E-state index is 12.6. The Bertz CT molecular complexity index is 849. The first-order valence-corrected chi connectivity index (χ1v) is 10.7. The lowest BCUT2D eigenvalue weighted by Gasteiger charge is -2.39. The third-order valence-electron chi connectivity index (χ3n) is 5.50. The van der Waals surface area contributed by atoms with Gasteiger partial charge in [0.1, 0.15) is 10.6 Å². The molecule has 2 aromatic heterocycles. The fourth-order valence-corrected chi connectivity index (χ4v) is 5.01. The van der Waals surface area contributed by atoms with E-state index >= 15 is 0 Å². The number of rotatable bonds is 4. The second-order valence-electron chi connectivity index (χ2n) is 7.28. The molecule has 148 valence electrons. The zero-order valence-electron chi connectivity index (χ0n) is 15.4. The quantitative estimate of drug-likeness (QED) is 0.824. The fraction of sp³-hybridized carbons (Fsp3) is 0.450. The van der Waals surface area contributed by atoms with Crippen molar-refractivity contribution in [3.8, 4) is 0 Å². The number of thiophene rings is 1. The molecule has 2 aliphatic heterocycles. The van der Waals surface area contributed by atoms with Crippen molar-refractivity contribution in [2.24, 2.45) is 0 Å². The highest BCUT2D eigenvalue weighted by molar-refractivity contribution is 7.12. The lowest BCUT2D eigenvalue weighted by atomic mass is 9.88. The van der Waals surface area contributed by atoms with Gasteiger partial charge in [0, 0.05) is 25.8 Å². The Morgan fingerprint density at radius 2 is 2.11 bits per heavy atom. The van der Waals surface area contributed by atoms with Gasteiger partial charge < -0.3 is 15.0 Å². The fourth-order valence-electron chi connectivity index (χ4n) is 3.91. The summed E-state index contributed by atoms with van der Waals surface area (Å²) in [5.74, 6) is -0.176. The minimum absolute atomic E-state index is 0.00153. The van der Waals surface area contributed by atoms with Crippen molar-refractivity contribution in [2.45, 2.75) is 37.4 Å². The van der Waals surface area contributed by atoms with E-state index in [0.717, 1.165) is 25.7 Å². The van der Waals surface area contributed by atoms with Crippen LogP contribution in [-0.4, -0.2) is 53.0 Å². The number of piperidine rings is 1. The molecule has 4 rings (SSSR count). The zero-order valence-corrected chi connectivity index (χ0v) is 17.0. The number of pyridine rings is 1. The molecule has 0 radical (unpaired) electrons.